The minimum absolute atomic E-state index is 0. The highest BCUT2D eigenvalue weighted by Crippen LogP contribution is 2.22. The van der Waals surface area contributed by atoms with Crippen molar-refractivity contribution in [2.75, 3.05) is 52.5 Å². The predicted octanol–water partition coefficient (Wildman–Crippen LogP) is 1.52. The minimum atomic E-state index is 0. The van der Waals surface area contributed by atoms with Gasteiger partial charge in [-0.3, -0.25) is 14.4 Å². The van der Waals surface area contributed by atoms with Crippen molar-refractivity contribution in [1.82, 2.24) is 24.9 Å². The largest absolute Gasteiger partial charge is 0.379 e. The SMILES string of the molecule is Cl.Cl.O=C(Cn1ccc(C2CCCNC2)n1)N1CCC(N2CCOCC2)CC1. The lowest BCUT2D eigenvalue weighted by atomic mass is 9.97. The quantitative estimate of drug-likeness (QED) is 0.779. The van der Waals surface area contributed by atoms with E-state index in [9.17, 15) is 4.79 Å². The number of nitrogens with zero attached hydrogens (tertiary/aromatic N) is 4. The number of carbonyl (C=O) groups excluding carboxylic acids is 1. The van der Waals surface area contributed by atoms with Gasteiger partial charge in [-0.15, -0.1) is 24.8 Å². The molecule has 1 unspecified atom stereocenters. The zero-order valence-corrected chi connectivity index (χ0v) is 18.1. The molecule has 9 heteroatoms. The number of aromatic nitrogens is 2. The molecule has 0 radical (unpaired) electrons. The second-order valence-corrected chi connectivity index (χ2v) is 7.74. The summed E-state index contributed by atoms with van der Waals surface area (Å²) in [5, 5.41) is 8.09. The zero-order valence-electron chi connectivity index (χ0n) is 16.4. The molecular weight excluding hydrogens is 401 g/mol. The molecule has 0 spiro atoms. The first-order valence-corrected chi connectivity index (χ1v) is 10.1. The fraction of sp³-hybridized carbons (Fsp3) is 0.789. The average molecular weight is 434 g/mol. The fourth-order valence-corrected chi connectivity index (χ4v) is 4.45. The highest BCUT2D eigenvalue weighted by molar-refractivity contribution is 5.85. The van der Waals surface area contributed by atoms with Crippen molar-refractivity contribution < 1.29 is 9.53 Å². The number of piperidine rings is 2. The Bertz CT molecular complexity index is 595. The molecule has 1 N–H and O–H groups in total. The molecule has 3 fully saturated rings. The van der Waals surface area contributed by atoms with Crippen LogP contribution in [0, 0.1) is 0 Å². The van der Waals surface area contributed by atoms with Gasteiger partial charge in [-0.1, -0.05) is 0 Å². The van der Waals surface area contributed by atoms with Crippen LogP contribution >= 0.6 is 24.8 Å². The summed E-state index contributed by atoms with van der Waals surface area (Å²) in [5.74, 6) is 0.686. The molecule has 160 valence electrons. The lowest BCUT2D eigenvalue weighted by Crippen LogP contribution is -2.50. The molecule has 1 atom stereocenters. The van der Waals surface area contributed by atoms with Crippen LogP contribution < -0.4 is 5.32 Å². The minimum Gasteiger partial charge on any atom is -0.379 e. The van der Waals surface area contributed by atoms with E-state index in [2.05, 4.69) is 21.4 Å². The van der Waals surface area contributed by atoms with Crippen molar-refractivity contribution in [1.29, 1.82) is 0 Å². The summed E-state index contributed by atoms with van der Waals surface area (Å²) in [6.07, 6.45) is 6.50. The number of carbonyl (C=O) groups is 1. The van der Waals surface area contributed by atoms with E-state index < -0.39 is 0 Å². The fourth-order valence-electron chi connectivity index (χ4n) is 4.45. The van der Waals surface area contributed by atoms with Crippen LogP contribution in [0.4, 0.5) is 0 Å². The monoisotopic (exact) mass is 433 g/mol. The number of likely N-dealkylation sites (tertiary alicyclic amines) is 1. The third kappa shape index (κ3) is 5.83. The van der Waals surface area contributed by atoms with Crippen LogP contribution in [0.1, 0.15) is 37.3 Å². The molecule has 4 rings (SSSR count). The standard InChI is InChI=1S/C19H31N5O2.2ClH/c25-19(15-24-9-5-18(21-24)16-2-1-6-20-14-16)23-7-3-17(4-8-23)22-10-12-26-13-11-22;;/h5,9,16-17,20H,1-4,6-8,10-15H2;2*1H. The Morgan fingerprint density at radius 2 is 1.89 bits per heavy atom. The maximum absolute atomic E-state index is 12.7. The van der Waals surface area contributed by atoms with Gasteiger partial charge in [0.1, 0.15) is 6.54 Å². The second kappa shape index (κ2) is 11.4. The van der Waals surface area contributed by atoms with Gasteiger partial charge in [0.15, 0.2) is 0 Å². The summed E-state index contributed by atoms with van der Waals surface area (Å²) in [7, 11) is 0. The molecule has 1 aromatic rings. The third-order valence-electron chi connectivity index (χ3n) is 6.05. The van der Waals surface area contributed by atoms with Crippen LogP contribution in [0.3, 0.4) is 0 Å². The summed E-state index contributed by atoms with van der Waals surface area (Å²) >= 11 is 0. The number of hydrogen-bond acceptors (Lipinski definition) is 5. The lowest BCUT2D eigenvalue weighted by molar-refractivity contribution is -0.133. The van der Waals surface area contributed by atoms with Crippen LogP contribution in [0.15, 0.2) is 12.3 Å². The normalized spacial score (nSPS) is 24.3. The van der Waals surface area contributed by atoms with E-state index in [1.165, 1.54) is 12.8 Å². The van der Waals surface area contributed by atoms with Crippen LogP contribution in [0.25, 0.3) is 0 Å². The van der Waals surface area contributed by atoms with Crippen molar-refractivity contribution in [3.05, 3.63) is 18.0 Å². The van der Waals surface area contributed by atoms with Crippen molar-refractivity contribution in [2.24, 2.45) is 0 Å². The molecule has 1 amide bonds. The highest BCUT2D eigenvalue weighted by atomic mass is 35.5. The average Bonchev–Trinajstić information content (AvgIpc) is 3.18. The molecule has 0 bridgehead atoms. The molecule has 3 saturated heterocycles. The van der Waals surface area contributed by atoms with Crippen LogP contribution in [-0.4, -0.2) is 84.0 Å². The molecular formula is C19H33Cl2N5O2. The summed E-state index contributed by atoms with van der Waals surface area (Å²) < 4.78 is 7.26. The zero-order chi connectivity index (χ0) is 17.8. The Kier molecular flexibility index (Phi) is 9.50. The Labute approximate surface area is 180 Å². The molecule has 7 nitrogen and oxygen atoms in total. The number of ether oxygens (including phenoxy) is 1. The van der Waals surface area contributed by atoms with Crippen LogP contribution in [0.2, 0.25) is 0 Å². The highest BCUT2D eigenvalue weighted by Gasteiger charge is 2.28. The van der Waals surface area contributed by atoms with E-state index >= 15 is 0 Å². The molecule has 0 saturated carbocycles. The number of hydrogen-bond donors (Lipinski definition) is 1. The van der Waals surface area contributed by atoms with Gasteiger partial charge in [0, 0.05) is 50.9 Å². The van der Waals surface area contributed by atoms with E-state index in [1.807, 2.05) is 15.8 Å². The maximum Gasteiger partial charge on any atom is 0.244 e. The first-order valence-electron chi connectivity index (χ1n) is 10.1. The van der Waals surface area contributed by atoms with Crippen molar-refractivity contribution >= 4 is 30.7 Å². The lowest BCUT2D eigenvalue weighted by Gasteiger charge is -2.40. The van der Waals surface area contributed by atoms with E-state index in [1.54, 1.807) is 0 Å². The molecule has 1 aromatic heterocycles. The van der Waals surface area contributed by atoms with Gasteiger partial charge < -0.3 is 15.0 Å². The summed E-state index contributed by atoms with van der Waals surface area (Å²) in [6.45, 7) is 7.95. The number of halogens is 2. The van der Waals surface area contributed by atoms with E-state index in [0.717, 1.165) is 71.0 Å². The van der Waals surface area contributed by atoms with E-state index in [4.69, 9.17) is 4.74 Å². The molecule has 0 aromatic carbocycles. The Balaban J connectivity index is 0.00000140. The first kappa shape index (κ1) is 23.4. The second-order valence-electron chi connectivity index (χ2n) is 7.74. The van der Waals surface area contributed by atoms with Crippen LogP contribution in [-0.2, 0) is 16.1 Å². The third-order valence-corrected chi connectivity index (χ3v) is 6.05. The summed E-state index contributed by atoms with van der Waals surface area (Å²) in [6, 6.07) is 2.69. The first-order chi connectivity index (χ1) is 12.8. The van der Waals surface area contributed by atoms with Crippen molar-refractivity contribution in [2.45, 2.75) is 44.2 Å². The molecule has 4 heterocycles. The van der Waals surface area contributed by atoms with Gasteiger partial charge >= 0.3 is 0 Å². The number of morpholine rings is 1. The topological polar surface area (TPSA) is 62.6 Å². The van der Waals surface area contributed by atoms with Gasteiger partial charge in [0.2, 0.25) is 5.91 Å². The Hall–Kier alpha value is -0.860. The molecule has 3 aliphatic heterocycles. The summed E-state index contributed by atoms with van der Waals surface area (Å²) in [4.78, 5) is 17.2. The molecule has 28 heavy (non-hydrogen) atoms. The van der Waals surface area contributed by atoms with Gasteiger partial charge in [-0.2, -0.15) is 5.10 Å². The van der Waals surface area contributed by atoms with Gasteiger partial charge in [0.05, 0.1) is 18.9 Å². The van der Waals surface area contributed by atoms with Gasteiger partial charge in [-0.25, -0.2) is 0 Å². The maximum atomic E-state index is 12.7. The van der Waals surface area contributed by atoms with E-state index in [0.29, 0.717) is 18.5 Å². The molecule has 3 aliphatic rings. The summed E-state index contributed by atoms with van der Waals surface area (Å²) in [5.41, 5.74) is 1.12. The van der Waals surface area contributed by atoms with Crippen LogP contribution in [0.5, 0.6) is 0 Å². The van der Waals surface area contributed by atoms with Crippen molar-refractivity contribution in [3.63, 3.8) is 0 Å². The Morgan fingerprint density at radius 3 is 2.57 bits per heavy atom. The van der Waals surface area contributed by atoms with Crippen molar-refractivity contribution in [3.8, 4) is 0 Å². The predicted molar refractivity (Wildman–Crippen MR) is 114 cm³/mol. The van der Waals surface area contributed by atoms with Gasteiger partial charge in [-0.05, 0) is 38.3 Å². The number of nitrogens with one attached hydrogen (secondary N) is 1. The molecule has 0 aliphatic carbocycles. The number of rotatable bonds is 4. The van der Waals surface area contributed by atoms with Gasteiger partial charge in [0.25, 0.3) is 0 Å². The van der Waals surface area contributed by atoms with E-state index in [-0.39, 0.29) is 30.7 Å². The Morgan fingerprint density at radius 1 is 1.14 bits per heavy atom. The number of amides is 1. The smallest absolute Gasteiger partial charge is 0.244 e.